The number of carboxylic acid groups (broad SMARTS) is 1. The lowest BCUT2D eigenvalue weighted by Crippen LogP contribution is -2.29. The second kappa shape index (κ2) is 10.5. The third-order valence-corrected chi connectivity index (χ3v) is 7.34. The van der Waals surface area contributed by atoms with Crippen molar-refractivity contribution in [2.75, 3.05) is 6.61 Å². The van der Waals surface area contributed by atoms with Gasteiger partial charge in [-0.25, -0.2) is 9.78 Å². The van der Waals surface area contributed by atoms with Gasteiger partial charge in [-0.05, 0) is 43.8 Å². The molecule has 0 spiro atoms. The van der Waals surface area contributed by atoms with Gasteiger partial charge < -0.3 is 14.6 Å². The molecule has 0 aliphatic rings. The van der Waals surface area contributed by atoms with E-state index in [4.69, 9.17) is 14.5 Å². The Labute approximate surface area is 201 Å². The SMILES string of the molecule is Cc1sc(-c2ccccc2)nc1CCOc1ccc(CC(OC(C)C)C(=O)O)c2sccc12. The number of carboxylic acids is 1. The fraction of sp³-hybridized carbons (Fsp3) is 0.308. The molecule has 2 heterocycles. The number of fused-ring (bicyclic) bond motifs is 1. The molecule has 172 valence electrons. The van der Waals surface area contributed by atoms with E-state index in [9.17, 15) is 9.90 Å². The Morgan fingerprint density at radius 2 is 1.91 bits per heavy atom. The van der Waals surface area contributed by atoms with E-state index in [2.05, 4.69) is 19.1 Å². The molecule has 4 aromatic rings. The molecule has 0 saturated heterocycles. The lowest BCUT2D eigenvalue weighted by atomic mass is 10.1. The van der Waals surface area contributed by atoms with Crippen LogP contribution in [0.5, 0.6) is 5.75 Å². The second-order valence-corrected chi connectivity index (χ2v) is 10.2. The minimum absolute atomic E-state index is 0.149. The first-order valence-corrected chi connectivity index (χ1v) is 12.6. The predicted molar refractivity (Wildman–Crippen MR) is 135 cm³/mol. The summed E-state index contributed by atoms with van der Waals surface area (Å²) in [5.41, 5.74) is 3.16. The molecule has 0 aliphatic carbocycles. The number of carbonyl (C=O) groups is 1. The van der Waals surface area contributed by atoms with Crippen LogP contribution in [0.3, 0.4) is 0 Å². The molecule has 0 fully saturated rings. The van der Waals surface area contributed by atoms with Crippen molar-refractivity contribution in [1.82, 2.24) is 4.98 Å². The van der Waals surface area contributed by atoms with Crippen LogP contribution in [0.25, 0.3) is 20.7 Å². The van der Waals surface area contributed by atoms with Crippen molar-refractivity contribution in [2.45, 2.75) is 45.8 Å². The van der Waals surface area contributed by atoms with Gasteiger partial charge in [0.15, 0.2) is 6.10 Å². The van der Waals surface area contributed by atoms with Crippen molar-refractivity contribution >= 4 is 38.7 Å². The van der Waals surface area contributed by atoms with Crippen molar-refractivity contribution in [3.05, 3.63) is 70.0 Å². The average Bonchev–Trinajstić information content (AvgIpc) is 3.42. The van der Waals surface area contributed by atoms with Crippen molar-refractivity contribution < 1.29 is 19.4 Å². The number of rotatable bonds is 10. The van der Waals surface area contributed by atoms with E-state index >= 15 is 0 Å². The Morgan fingerprint density at radius 1 is 1.12 bits per heavy atom. The zero-order chi connectivity index (χ0) is 23.4. The number of thiophene rings is 1. The summed E-state index contributed by atoms with van der Waals surface area (Å²) in [7, 11) is 0. The van der Waals surface area contributed by atoms with Gasteiger partial charge in [0.2, 0.25) is 0 Å². The van der Waals surface area contributed by atoms with Gasteiger partial charge in [-0.15, -0.1) is 22.7 Å². The van der Waals surface area contributed by atoms with Crippen LogP contribution in [-0.4, -0.2) is 34.9 Å². The first-order valence-electron chi connectivity index (χ1n) is 10.9. The number of hydrogen-bond acceptors (Lipinski definition) is 6. The quantitative estimate of drug-likeness (QED) is 0.285. The van der Waals surface area contributed by atoms with Gasteiger partial charge in [-0.1, -0.05) is 36.4 Å². The Bertz CT molecular complexity index is 1230. The van der Waals surface area contributed by atoms with Crippen molar-refractivity contribution in [2.24, 2.45) is 0 Å². The molecule has 2 aromatic carbocycles. The number of benzene rings is 2. The molecule has 7 heteroatoms. The fourth-order valence-corrected chi connectivity index (χ4v) is 5.63. The topological polar surface area (TPSA) is 68.7 Å². The van der Waals surface area contributed by atoms with Gasteiger partial charge >= 0.3 is 5.97 Å². The maximum Gasteiger partial charge on any atom is 0.333 e. The highest BCUT2D eigenvalue weighted by molar-refractivity contribution is 7.17. The predicted octanol–water partition coefficient (Wildman–Crippen LogP) is 6.38. The number of ether oxygens (including phenoxy) is 2. The van der Waals surface area contributed by atoms with Crippen LogP contribution in [-0.2, 0) is 22.4 Å². The summed E-state index contributed by atoms with van der Waals surface area (Å²) in [6.07, 6.45) is 0.0365. The normalized spacial score (nSPS) is 12.4. The van der Waals surface area contributed by atoms with E-state index in [-0.39, 0.29) is 6.10 Å². The molecule has 0 saturated carbocycles. The molecule has 2 aromatic heterocycles. The number of aromatic nitrogens is 1. The van der Waals surface area contributed by atoms with Gasteiger partial charge in [0.1, 0.15) is 10.8 Å². The average molecular weight is 482 g/mol. The maximum atomic E-state index is 11.6. The smallest absolute Gasteiger partial charge is 0.333 e. The molecule has 0 aliphatic heterocycles. The van der Waals surface area contributed by atoms with Crippen molar-refractivity contribution in [3.63, 3.8) is 0 Å². The van der Waals surface area contributed by atoms with Gasteiger partial charge in [0.05, 0.1) is 18.4 Å². The number of hydrogen-bond donors (Lipinski definition) is 1. The van der Waals surface area contributed by atoms with Crippen LogP contribution < -0.4 is 4.74 Å². The molecule has 0 bridgehead atoms. The fourth-order valence-electron chi connectivity index (χ4n) is 3.72. The first-order chi connectivity index (χ1) is 15.9. The van der Waals surface area contributed by atoms with Crippen molar-refractivity contribution in [1.29, 1.82) is 0 Å². The standard InChI is InChI=1S/C26H27NO4S2/c1-16(2)31-23(26(28)29)15-19-9-10-22(20-12-14-32-24(19)20)30-13-11-21-17(3)33-25(27-21)18-7-5-4-6-8-18/h4-10,12,14,16,23H,11,13,15H2,1-3H3,(H,28,29). The molecule has 1 N–H and O–H groups in total. The summed E-state index contributed by atoms with van der Waals surface area (Å²) in [5.74, 6) is -0.134. The molecule has 0 amide bonds. The van der Waals surface area contributed by atoms with Gasteiger partial charge in [0.25, 0.3) is 0 Å². The Balaban J connectivity index is 1.45. The lowest BCUT2D eigenvalue weighted by molar-refractivity contribution is -0.153. The summed E-state index contributed by atoms with van der Waals surface area (Å²) in [4.78, 5) is 17.7. The van der Waals surface area contributed by atoms with E-state index in [1.807, 2.05) is 55.6 Å². The van der Waals surface area contributed by atoms with Crippen LogP contribution in [0.4, 0.5) is 0 Å². The van der Waals surface area contributed by atoms with Gasteiger partial charge in [0, 0.05) is 33.4 Å². The summed E-state index contributed by atoms with van der Waals surface area (Å²) >= 11 is 3.30. The third kappa shape index (κ3) is 5.61. The number of thiazole rings is 1. The molecular formula is C26H27NO4S2. The minimum atomic E-state index is -0.942. The number of aliphatic carboxylic acids is 1. The summed E-state index contributed by atoms with van der Waals surface area (Å²) < 4.78 is 12.8. The molecule has 4 rings (SSSR count). The third-order valence-electron chi connectivity index (χ3n) is 5.29. The van der Waals surface area contributed by atoms with Gasteiger partial charge in [-0.2, -0.15) is 0 Å². The molecule has 1 atom stereocenters. The minimum Gasteiger partial charge on any atom is -0.493 e. The number of aryl methyl sites for hydroxylation is 1. The maximum absolute atomic E-state index is 11.6. The van der Waals surface area contributed by atoms with E-state index in [1.165, 1.54) is 4.88 Å². The summed E-state index contributed by atoms with van der Waals surface area (Å²) in [5, 5.41) is 13.6. The van der Waals surface area contributed by atoms with Crippen LogP contribution in [0.15, 0.2) is 53.9 Å². The largest absolute Gasteiger partial charge is 0.493 e. The Morgan fingerprint density at radius 3 is 2.64 bits per heavy atom. The van der Waals surface area contributed by atoms with Crippen LogP contribution in [0.2, 0.25) is 0 Å². The highest BCUT2D eigenvalue weighted by atomic mass is 32.1. The van der Waals surface area contributed by atoms with Crippen LogP contribution in [0, 0.1) is 6.92 Å². The van der Waals surface area contributed by atoms with Crippen LogP contribution >= 0.6 is 22.7 Å². The Hall–Kier alpha value is -2.74. The monoisotopic (exact) mass is 481 g/mol. The van der Waals surface area contributed by atoms with E-state index in [0.717, 1.165) is 44.1 Å². The zero-order valence-corrected chi connectivity index (χ0v) is 20.5. The molecule has 1 unspecified atom stereocenters. The molecule has 5 nitrogen and oxygen atoms in total. The molecule has 0 radical (unpaired) electrons. The molecular weight excluding hydrogens is 454 g/mol. The highest BCUT2D eigenvalue weighted by Gasteiger charge is 2.22. The highest BCUT2D eigenvalue weighted by Crippen LogP contribution is 2.34. The van der Waals surface area contributed by atoms with Crippen molar-refractivity contribution in [3.8, 4) is 16.3 Å². The van der Waals surface area contributed by atoms with E-state index < -0.39 is 12.1 Å². The van der Waals surface area contributed by atoms with E-state index in [1.54, 1.807) is 22.7 Å². The summed E-state index contributed by atoms with van der Waals surface area (Å²) in [6.45, 7) is 6.32. The first kappa shape index (κ1) is 23.4. The van der Waals surface area contributed by atoms with Crippen LogP contribution in [0.1, 0.15) is 30.0 Å². The number of nitrogens with zero attached hydrogens (tertiary/aromatic N) is 1. The second-order valence-electron chi connectivity index (χ2n) is 8.09. The lowest BCUT2D eigenvalue weighted by Gasteiger charge is -2.17. The van der Waals surface area contributed by atoms with E-state index in [0.29, 0.717) is 13.0 Å². The molecule has 33 heavy (non-hydrogen) atoms. The Kier molecular flexibility index (Phi) is 7.42. The summed E-state index contributed by atoms with van der Waals surface area (Å²) in [6, 6.07) is 16.1. The zero-order valence-electron chi connectivity index (χ0n) is 18.9. The van der Waals surface area contributed by atoms with Gasteiger partial charge in [-0.3, -0.25) is 0 Å².